The van der Waals surface area contributed by atoms with Crippen LogP contribution in [0.15, 0.2) is 84.9 Å². The fraction of sp³-hybridized carbons (Fsp3) is 0.174. The lowest BCUT2D eigenvalue weighted by atomic mass is 10.1. The number of hydroxylamine groups is 2. The Hall–Kier alpha value is -3.11. The predicted octanol–water partition coefficient (Wildman–Crippen LogP) is 4.38. The molecule has 0 heterocycles. The van der Waals surface area contributed by atoms with Crippen molar-refractivity contribution in [2.24, 2.45) is 0 Å². The zero-order valence-electron chi connectivity index (χ0n) is 15.1. The molecule has 1 amide bonds. The van der Waals surface area contributed by atoms with Gasteiger partial charge in [0.25, 0.3) is 0 Å². The first-order valence-corrected chi connectivity index (χ1v) is 8.98. The topological polar surface area (TPSA) is 52.6 Å². The van der Waals surface area contributed by atoms with Gasteiger partial charge in [-0.15, -0.1) is 0 Å². The van der Waals surface area contributed by atoms with Crippen LogP contribution in [-0.2, 0) is 24.2 Å². The van der Waals surface area contributed by atoms with Gasteiger partial charge in [-0.3, -0.25) is 4.79 Å². The molecule has 0 saturated heterocycles. The zero-order chi connectivity index (χ0) is 18.9. The Kier molecular flexibility index (Phi) is 6.61. The Morgan fingerprint density at radius 3 is 2.00 bits per heavy atom. The van der Waals surface area contributed by atoms with Gasteiger partial charge in [0, 0.05) is 6.54 Å². The minimum Gasteiger partial charge on any atom is -0.756 e. The number of hydrogen-bond donors (Lipinski definition) is 0. The van der Waals surface area contributed by atoms with Crippen molar-refractivity contribution in [2.75, 3.05) is 6.54 Å². The Morgan fingerprint density at radius 1 is 0.778 bits per heavy atom. The van der Waals surface area contributed by atoms with Gasteiger partial charge in [0.05, 0.1) is 6.42 Å². The quantitative estimate of drug-likeness (QED) is 0.560. The van der Waals surface area contributed by atoms with E-state index >= 15 is 0 Å². The Bertz CT molecular complexity index is 833. The van der Waals surface area contributed by atoms with Crippen LogP contribution < -0.4 is 4.74 Å². The van der Waals surface area contributed by atoms with E-state index in [1.807, 2.05) is 84.9 Å². The predicted molar refractivity (Wildman–Crippen MR) is 106 cm³/mol. The van der Waals surface area contributed by atoms with Gasteiger partial charge >= 0.3 is 0 Å². The van der Waals surface area contributed by atoms with Crippen molar-refractivity contribution in [1.82, 2.24) is 5.06 Å². The van der Waals surface area contributed by atoms with Crippen LogP contribution in [0.1, 0.15) is 16.7 Å². The van der Waals surface area contributed by atoms with Crippen LogP contribution in [0.3, 0.4) is 0 Å². The summed E-state index contributed by atoms with van der Waals surface area (Å²) in [6, 6.07) is 26.9. The van der Waals surface area contributed by atoms with Crippen molar-refractivity contribution >= 4 is 5.91 Å². The summed E-state index contributed by atoms with van der Waals surface area (Å²) in [5, 5.41) is 12.5. The van der Waals surface area contributed by atoms with E-state index < -0.39 is 5.91 Å². The van der Waals surface area contributed by atoms with Crippen LogP contribution in [0.5, 0.6) is 5.75 Å². The molecule has 0 radical (unpaired) electrons. The second-order valence-electron chi connectivity index (χ2n) is 6.33. The van der Waals surface area contributed by atoms with E-state index in [9.17, 15) is 10.0 Å². The highest BCUT2D eigenvalue weighted by molar-refractivity contribution is 5.79. The summed E-state index contributed by atoms with van der Waals surface area (Å²) >= 11 is 0. The van der Waals surface area contributed by atoms with Gasteiger partial charge in [0.1, 0.15) is 12.4 Å². The molecular formula is C23H22NO3-. The minimum atomic E-state index is -0.427. The molecular weight excluding hydrogens is 338 g/mol. The number of ether oxygens (including phenoxy) is 1. The van der Waals surface area contributed by atoms with Gasteiger partial charge in [0.15, 0.2) is 0 Å². The number of nitrogens with zero attached hydrogens (tertiary/aromatic N) is 1. The second-order valence-corrected chi connectivity index (χ2v) is 6.33. The number of amides is 1. The maximum Gasteiger partial charge on any atom is 0.216 e. The van der Waals surface area contributed by atoms with E-state index in [1.54, 1.807) is 0 Å². The average Bonchev–Trinajstić information content (AvgIpc) is 2.73. The fourth-order valence-corrected chi connectivity index (χ4v) is 2.71. The maximum atomic E-state index is 12.1. The lowest BCUT2D eigenvalue weighted by molar-refractivity contribution is -0.127. The molecule has 138 valence electrons. The third kappa shape index (κ3) is 5.97. The molecule has 0 N–H and O–H groups in total. The summed E-state index contributed by atoms with van der Waals surface area (Å²) in [6.45, 7) is 0.661. The van der Waals surface area contributed by atoms with E-state index in [0.717, 1.165) is 22.4 Å². The first-order chi connectivity index (χ1) is 13.2. The van der Waals surface area contributed by atoms with Gasteiger partial charge < -0.3 is 15.0 Å². The summed E-state index contributed by atoms with van der Waals surface area (Å²) in [6.07, 6.45) is 0.652. The summed E-state index contributed by atoms with van der Waals surface area (Å²) in [5.74, 6) is 0.307. The van der Waals surface area contributed by atoms with Crippen molar-refractivity contribution in [2.45, 2.75) is 19.4 Å². The van der Waals surface area contributed by atoms with Crippen molar-refractivity contribution in [3.63, 3.8) is 0 Å². The number of benzene rings is 3. The summed E-state index contributed by atoms with van der Waals surface area (Å²) in [4.78, 5) is 12.1. The average molecular weight is 360 g/mol. The summed E-state index contributed by atoms with van der Waals surface area (Å²) in [7, 11) is 0. The lowest BCUT2D eigenvalue weighted by Gasteiger charge is -2.28. The number of carbonyl (C=O) groups is 1. The largest absolute Gasteiger partial charge is 0.756 e. The SMILES string of the molecule is O=C(Cc1ccc(OCc2ccccc2)cc1)N([O-])CCc1ccccc1. The van der Waals surface area contributed by atoms with Gasteiger partial charge in [0.2, 0.25) is 5.91 Å². The van der Waals surface area contributed by atoms with Crippen LogP contribution in [0.4, 0.5) is 0 Å². The first kappa shape index (κ1) is 18.7. The molecule has 0 aliphatic carbocycles. The standard InChI is InChI=1S/C23H22NO3/c25-23(24(26)16-15-19-7-3-1-4-8-19)17-20-11-13-22(14-12-20)27-18-21-9-5-2-6-10-21/h1-14H,15-18H2/q-1. The van der Waals surface area contributed by atoms with Gasteiger partial charge in [-0.1, -0.05) is 72.8 Å². The molecule has 3 aromatic rings. The van der Waals surface area contributed by atoms with Gasteiger partial charge in [-0.25, -0.2) is 0 Å². The number of hydrogen-bond acceptors (Lipinski definition) is 3. The van der Waals surface area contributed by atoms with Gasteiger partial charge in [-0.05, 0) is 35.2 Å². The maximum absolute atomic E-state index is 12.1. The molecule has 0 atom stereocenters. The molecule has 0 aliphatic rings. The highest BCUT2D eigenvalue weighted by Crippen LogP contribution is 2.15. The van der Waals surface area contributed by atoms with Crippen molar-refractivity contribution in [1.29, 1.82) is 0 Å². The second kappa shape index (κ2) is 9.55. The van der Waals surface area contributed by atoms with Crippen molar-refractivity contribution in [3.8, 4) is 5.75 Å². The minimum absolute atomic E-state index is 0.0945. The fourth-order valence-electron chi connectivity index (χ4n) is 2.71. The molecule has 0 spiro atoms. The van der Waals surface area contributed by atoms with Crippen LogP contribution in [0, 0.1) is 5.21 Å². The van der Waals surface area contributed by atoms with E-state index in [0.29, 0.717) is 18.1 Å². The van der Waals surface area contributed by atoms with Crippen LogP contribution >= 0.6 is 0 Å². The van der Waals surface area contributed by atoms with Crippen LogP contribution in [0.2, 0.25) is 0 Å². The third-order valence-electron chi connectivity index (χ3n) is 4.25. The van der Waals surface area contributed by atoms with Crippen LogP contribution in [0.25, 0.3) is 0 Å². The highest BCUT2D eigenvalue weighted by Gasteiger charge is 2.06. The molecule has 0 saturated carbocycles. The summed E-state index contributed by atoms with van der Waals surface area (Å²) < 4.78 is 5.73. The zero-order valence-corrected chi connectivity index (χ0v) is 15.1. The Morgan fingerprint density at radius 2 is 1.37 bits per heavy atom. The van der Waals surface area contributed by atoms with Crippen molar-refractivity contribution in [3.05, 3.63) is 107 Å². The van der Waals surface area contributed by atoms with E-state index in [4.69, 9.17) is 4.74 Å². The molecule has 0 fully saturated rings. The van der Waals surface area contributed by atoms with E-state index in [-0.39, 0.29) is 13.0 Å². The van der Waals surface area contributed by atoms with Crippen molar-refractivity contribution < 1.29 is 9.53 Å². The Labute approximate surface area is 159 Å². The highest BCUT2D eigenvalue weighted by atomic mass is 16.5. The molecule has 0 bridgehead atoms. The molecule has 3 rings (SSSR count). The van der Waals surface area contributed by atoms with E-state index in [1.165, 1.54) is 0 Å². The smallest absolute Gasteiger partial charge is 0.216 e. The van der Waals surface area contributed by atoms with E-state index in [2.05, 4.69) is 0 Å². The van der Waals surface area contributed by atoms with Crippen LogP contribution in [-0.4, -0.2) is 17.5 Å². The molecule has 27 heavy (non-hydrogen) atoms. The lowest BCUT2D eigenvalue weighted by Crippen LogP contribution is -2.28. The third-order valence-corrected chi connectivity index (χ3v) is 4.25. The molecule has 3 aromatic carbocycles. The first-order valence-electron chi connectivity index (χ1n) is 8.98. The van der Waals surface area contributed by atoms with Gasteiger partial charge in [-0.2, -0.15) is 0 Å². The molecule has 4 heteroatoms. The molecule has 0 aromatic heterocycles. The Balaban J connectivity index is 1.46. The number of rotatable bonds is 8. The molecule has 0 aliphatic heterocycles. The molecule has 4 nitrogen and oxygen atoms in total. The number of carbonyl (C=O) groups excluding carboxylic acids is 1. The monoisotopic (exact) mass is 360 g/mol. The molecule has 0 unspecified atom stereocenters. The normalized spacial score (nSPS) is 10.4. The summed E-state index contributed by atoms with van der Waals surface area (Å²) in [5.41, 5.74) is 2.94.